The second-order valence-electron chi connectivity index (χ2n) is 1.61. The lowest BCUT2D eigenvalue weighted by Gasteiger charge is -1.98. The van der Waals surface area contributed by atoms with Gasteiger partial charge in [-0.2, -0.15) is 0 Å². The van der Waals surface area contributed by atoms with Crippen LogP contribution in [0.25, 0.3) is 0 Å². The summed E-state index contributed by atoms with van der Waals surface area (Å²) in [6.07, 6.45) is 0. The van der Waals surface area contributed by atoms with E-state index < -0.39 is 0 Å². The van der Waals surface area contributed by atoms with Gasteiger partial charge >= 0.3 is 0 Å². The van der Waals surface area contributed by atoms with Gasteiger partial charge in [0.25, 0.3) is 0 Å². The first-order chi connectivity index (χ1) is 4.63. The number of aromatic hydroxyl groups is 1. The number of benzene rings is 1. The summed E-state index contributed by atoms with van der Waals surface area (Å²) in [5.41, 5.74) is 0. The highest BCUT2D eigenvalue weighted by Crippen LogP contribution is 2.35. The zero-order valence-corrected chi connectivity index (χ0v) is 6.93. The lowest BCUT2D eigenvalue weighted by atomic mass is 10.3. The standard InChI is InChI=1S/C6H2Cl3O/c7-3-1-2-4(10)6(9)5(3)8/h1,10H. The molecule has 0 amide bonds. The zero-order valence-electron chi connectivity index (χ0n) is 4.66. The Kier molecular flexibility index (Phi) is 2.29. The van der Waals surface area contributed by atoms with Crippen LogP contribution in [0.15, 0.2) is 6.07 Å². The Labute approximate surface area is 73.1 Å². The number of phenolic OH excluding ortho intramolecular Hbond substituents is 1. The molecule has 1 nitrogen and oxygen atoms in total. The third kappa shape index (κ3) is 1.31. The Hall–Kier alpha value is -0.110. The molecule has 1 rings (SSSR count). The van der Waals surface area contributed by atoms with E-state index in [1.165, 1.54) is 6.07 Å². The van der Waals surface area contributed by atoms with Crippen LogP contribution < -0.4 is 0 Å². The summed E-state index contributed by atoms with van der Waals surface area (Å²) >= 11 is 16.6. The summed E-state index contributed by atoms with van der Waals surface area (Å²) in [6.45, 7) is 0. The van der Waals surface area contributed by atoms with Gasteiger partial charge in [-0.3, -0.25) is 0 Å². The predicted octanol–water partition coefficient (Wildman–Crippen LogP) is 3.15. The molecule has 0 aliphatic rings. The minimum Gasteiger partial charge on any atom is -0.506 e. The normalized spacial score (nSPS) is 9.90. The summed E-state index contributed by atoms with van der Waals surface area (Å²) in [5, 5.41) is 9.36. The van der Waals surface area contributed by atoms with Gasteiger partial charge in [-0.1, -0.05) is 34.8 Å². The van der Waals surface area contributed by atoms with E-state index in [0.717, 1.165) is 0 Å². The van der Waals surface area contributed by atoms with E-state index in [1.54, 1.807) is 0 Å². The second-order valence-corrected chi connectivity index (χ2v) is 2.78. The monoisotopic (exact) mass is 195 g/mol. The van der Waals surface area contributed by atoms with E-state index >= 15 is 0 Å². The highest BCUT2D eigenvalue weighted by Gasteiger charge is 2.06. The zero-order chi connectivity index (χ0) is 7.72. The SMILES string of the molecule is Oc1[c]cc(Cl)c(Cl)c1Cl. The van der Waals surface area contributed by atoms with E-state index in [9.17, 15) is 0 Å². The van der Waals surface area contributed by atoms with Crippen molar-refractivity contribution in [3.8, 4) is 5.75 Å². The molecule has 0 aliphatic carbocycles. The summed E-state index contributed by atoms with van der Waals surface area (Å²) in [6, 6.07) is 3.77. The first-order valence-corrected chi connectivity index (χ1v) is 3.50. The van der Waals surface area contributed by atoms with Crippen LogP contribution in [0.3, 0.4) is 0 Å². The molecule has 1 radical (unpaired) electrons. The van der Waals surface area contributed by atoms with Crippen LogP contribution in [0.5, 0.6) is 5.75 Å². The lowest BCUT2D eigenvalue weighted by Crippen LogP contribution is -1.72. The molecule has 1 aromatic rings. The second kappa shape index (κ2) is 2.87. The van der Waals surface area contributed by atoms with Gasteiger partial charge in [-0.25, -0.2) is 0 Å². The van der Waals surface area contributed by atoms with Crippen LogP contribution in [0.2, 0.25) is 15.1 Å². The average Bonchev–Trinajstić information content (AvgIpc) is 1.93. The topological polar surface area (TPSA) is 20.2 Å². The first-order valence-electron chi connectivity index (χ1n) is 2.37. The summed E-state index contributed by atoms with van der Waals surface area (Å²) < 4.78 is 0. The molecule has 0 fully saturated rings. The van der Waals surface area contributed by atoms with Crippen molar-refractivity contribution in [3.63, 3.8) is 0 Å². The van der Waals surface area contributed by atoms with Gasteiger partial charge in [0.2, 0.25) is 0 Å². The fraction of sp³-hybridized carbons (Fsp3) is 0. The van der Waals surface area contributed by atoms with Crippen molar-refractivity contribution < 1.29 is 5.11 Å². The highest BCUT2D eigenvalue weighted by molar-refractivity contribution is 6.48. The maximum Gasteiger partial charge on any atom is 0.143 e. The first kappa shape index (κ1) is 7.99. The van der Waals surface area contributed by atoms with Gasteiger partial charge in [0.05, 0.1) is 10.0 Å². The lowest BCUT2D eigenvalue weighted by molar-refractivity contribution is 0.474. The number of hydrogen-bond acceptors (Lipinski definition) is 1. The molecule has 53 valence electrons. The fourth-order valence-corrected chi connectivity index (χ4v) is 0.965. The maximum atomic E-state index is 8.89. The maximum absolute atomic E-state index is 8.89. The van der Waals surface area contributed by atoms with E-state index in [-0.39, 0.29) is 20.8 Å². The van der Waals surface area contributed by atoms with Gasteiger partial charge in [0, 0.05) is 6.07 Å². The fourth-order valence-electron chi connectivity index (χ4n) is 0.467. The Morgan fingerprint density at radius 1 is 1.20 bits per heavy atom. The van der Waals surface area contributed by atoms with E-state index in [1.807, 2.05) is 0 Å². The Bertz CT molecular complexity index is 232. The molecule has 0 saturated carbocycles. The molecule has 1 N–H and O–H groups in total. The minimum atomic E-state index is -0.184. The molecule has 4 heteroatoms. The Balaban J connectivity index is 3.34. The van der Waals surface area contributed by atoms with E-state index in [0.29, 0.717) is 0 Å². The molecule has 0 unspecified atom stereocenters. The van der Waals surface area contributed by atoms with Crippen molar-refractivity contribution in [1.29, 1.82) is 0 Å². The van der Waals surface area contributed by atoms with Crippen LogP contribution in [-0.4, -0.2) is 5.11 Å². The smallest absolute Gasteiger partial charge is 0.143 e. The van der Waals surface area contributed by atoms with Gasteiger partial charge < -0.3 is 5.11 Å². The van der Waals surface area contributed by atoms with Gasteiger partial charge in [-0.15, -0.1) is 0 Å². The van der Waals surface area contributed by atoms with Crippen LogP contribution >= 0.6 is 34.8 Å². The predicted molar refractivity (Wildman–Crippen MR) is 42.0 cm³/mol. The quantitative estimate of drug-likeness (QED) is 0.632. The summed E-state index contributed by atoms with van der Waals surface area (Å²) in [4.78, 5) is 0. The molecule has 0 heterocycles. The Morgan fingerprint density at radius 2 is 1.80 bits per heavy atom. The molecule has 0 aromatic heterocycles. The Morgan fingerprint density at radius 3 is 2.30 bits per heavy atom. The third-order valence-corrected chi connectivity index (χ3v) is 2.20. The van der Waals surface area contributed by atoms with Crippen molar-refractivity contribution in [3.05, 3.63) is 27.2 Å². The van der Waals surface area contributed by atoms with Crippen LogP contribution in [0.1, 0.15) is 0 Å². The van der Waals surface area contributed by atoms with Crippen molar-refractivity contribution in [2.75, 3.05) is 0 Å². The minimum absolute atomic E-state index is 0.0363. The van der Waals surface area contributed by atoms with Gasteiger partial charge in [0.15, 0.2) is 0 Å². The van der Waals surface area contributed by atoms with Crippen LogP contribution in [-0.2, 0) is 0 Å². The molecule has 10 heavy (non-hydrogen) atoms. The largest absolute Gasteiger partial charge is 0.506 e. The average molecular weight is 196 g/mol. The van der Waals surface area contributed by atoms with Gasteiger partial charge in [0.1, 0.15) is 10.8 Å². The van der Waals surface area contributed by atoms with Crippen LogP contribution in [0, 0.1) is 6.07 Å². The highest BCUT2D eigenvalue weighted by atomic mass is 35.5. The third-order valence-electron chi connectivity index (χ3n) is 0.946. The van der Waals surface area contributed by atoms with Crippen LogP contribution in [0.4, 0.5) is 0 Å². The summed E-state index contributed by atoms with van der Waals surface area (Å²) in [7, 11) is 0. The van der Waals surface area contributed by atoms with Crippen molar-refractivity contribution in [2.24, 2.45) is 0 Å². The van der Waals surface area contributed by atoms with Crippen molar-refractivity contribution >= 4 is 34.8 Å². The van der Waals surface area contributed by atoms with Crippen molar-refractivity contribution in [1.82, 2.24) is 0 Å². The van der Waals surface area contributed by atoms with Gasteiger partial charge in [-0.05, 0) is 6.07 Å². The number of phenols is 1. The molecular formula is C6H2Cl3O. The number of rotatable bonds is 0. The molecule has 0 spiro atoms. The summed E-state index contributed by atoms with van der Waals surface area (Å²) in [5.74, 6) is -0.184. The molecular weight excluding hydrogens is 194 g/mol. The number of halogens is 3. The van der Waals surface area contributed by atoms with E-state index in [4.69, 9.17) is 39.9 Å². The molecule has 0 aliphatic heterocycles. The number of hydrogen-bond donors (Lipinski definition) is 1. The molecule has 0 atom stereocenters. The molecule has 0 bridgehead atoms. The molecule has 0 saturated heterocycles. The van der Waals surface area contributed by atoms with E-state index in [2.05, 4.69) is 6.07 Å². The molecule has 1 aromatic carbocycles. The van der Waals surface area contributed by atoms with Crippen molar-refractivity contribution in [2.45, 2.75) is 0 Å².